The lowest BCUT2D eigenvalue weighted by molar-refractivity contribution is 0.0732. The van der Waals surface area contributed by atoms with Crippen LogP contribution in [0, 0.1) is 0 Å². The lowest BCUT2D eigenvalue weighted by Crippen LogP contribution is -2.46. The summed E-state index contributed by atoms with van der Waals surface area (Å²) in [6.07, 6.45) is -0.399. The van der Waals surface area contributed by atoms with Gasteiger partial charge in [-0.25, -0.2) is 5.01 Å². The summed E-state index contributed by atoms with van der Waals surface area (Å²) in [6.45, 7) is 0. The molecule has 0 radical (unpaired) electrons. The first kappa shape index (κ1) is 16.9. The van der Waals surface area contributed by atoms with E-state index in [9.17, 15) is 4.79 Å². The van der Waals surface area contributed by atoms with Crippen LogP contribution in [0.25, 0.3) is 0 Å². The molecule has 4 nitrogen and oxygen atoms in total. The maximum atomic E-state index is 13.2. The summed E-state index contributed by atoms with van der Waals surface area (Å²) in [5.41, 5.74) is 6.39. The van der Waals surface area contributed by atoms with E-state index in [2.05, 4.69) is 26.7 Å². The number of carbonyl (C=O) groups excluding carboxylic acids is 1. The number of hydrogen-bond donors (Lipinski definition) is 2. The van der Waals surface area contributed by atoms with Crippen molar-refractivity contribution < 1.29 is 4.79 Å². The van der Waals surface area contributed by atoms with E-state index in [1.54, 1.807) is 5.01 Å². The number of halogens is 2. The molecule has 3 aromatic carbocycles. The van der Waals surface area contributed by atoms with E-state index in [4.69, 9.17) is 11.6 Å². The zero-order chi connectivity index (χ0) is 18.1. The number of amides is 1. The molecule has 26 heavy (non-hydrogen) atoms. The maximum absolute atomic E-state index is 13.2. The molecule has 0 aliphatic carbocycles. The van der Waals surface area contributed by atoms with Gasteiger partial charge in [0.25, 0.3) is 5.91 Å². The molecular formula is C20H15BrClN3O. The highest BCUT2D eigenvalue weighted by Crippen LogP contribution is 2.36. The number of fused-ring (bicyclic) bond motifs is 1. The van der Waals surface area contributed by atoms with Crippen molar-refractivity contribution in [2.24, 2.45) is 0 Å². The number of para-hydroxylation sites is 2. The largest absolute Gasteiger partial charge is 0.359 e. The molecule has 1 heterocycles. The standard InChI is InChI=1S/C20H15BrClN3O/c21-17-12-13(22)10-11-15(17)19-23-18-9-5-4-8-16(18)20(26)25(19)24-14-6-2-1-3-7-14/h1-12,19,23-24H. The molecule has 0 aromatic heterocycles. The second-order valence-electron chi connectivity index (χ2n) is 5.91. The third kappa shape index (κ3) is 3.16. The topological polar surface area (TPSA) is 44.4 Å². The molecule has 1 atom stereocenters. The van der Waals surface area contributed by atoms with Crippen LogP contribution in [0.3, 0.4) is 0 Å². The molecule has 130 valence electrons. The Morgan fingerprint density at radius 2 is 1.73 bits per heavy atom. The lowest BCUT2D eigenvalue weighted by atomic mass is 10.0. The van der Waals surface area contributed by atoms with Gasteiger partial charge in [0, 0.05) is 20.7 Å². The number of hydrazine groups is 1. The molecule has 0 saturated carbocycles. The Bertz CT molecular complexity index is 964. The summed E-state index contributed by atoms with van der Waals surface area (Å²) in [4.78, 5) is 13.2. The molecule has 0 spiro atoms. The highest BCUT2D eigenvalue weighted by atomic mass is 79.9. The smallest absolute Gasteiger partial charge is 0.276 e. The van der Waals surface area contributed by atoms with Gasteiger partial charge in [0.2, 0.25) is 0 Å². The fourth-order valence-corrected chi connectivity index (χ4v) is 3.86. The zero-order valence-electron chi connectivity index (χ0n) is 13.6. The van der Waals surface area contributed by atoms with Gasteiger partial charge in [-0.15, -0.1) is 0 Å². The molecule has 0 saturated heterocycles. The van der Waals surface area contributed by atoms with Crippen molar-refractivity contribution in [3.05, 3.63) is 93.4 Å². The summed E-state index contributed by atoms with van der Waals surface area (Å²) >= 11 is 9.65. The minimum absolute atomic E-state index is 0.102. The van der Waals surface area contributed by atoms with Crippen LogP contribution in [0.4, 0.5) is 11.4 Å². The maximum Gasteiger partial charge on any atom is 0.276 e. The molecule has 1 aliphatic heterocycles. The number of rotatable bonds is 3. The summed E-state index contributed by atoms with van der Waals surface area (Å²) < 4.78 is 0.828. The van der Waals surface area contributed by atoms with E-state index < -0.39 is 6.17 Å². The number of nitrogens with one attached hydrogen (secondary N) is 2. The van der Waals surface area contributed by atoms with Gasteiger partial charge in [0.1, 0.15) is 6.17 Å². The first-order valence-corrected chi connectivity index (χ1v) is 9.26. The molecule has 3 aromatic rings. The second-order valence-corrected chi connectivity index (χ2v) is 7.20. The van der Waals surface area contributed by atoms with E-state index in [0.29, 0.717) is 10.6 Å². The minimum Gasteiger partial charge on any atom is -0.359 e. The quantitative estimate of drug-likeness (QED) is 0.563. The number of benzene rings is 3. The normalized spacial score (nSPS) is 16.0. The molecule has 0 bridgehead atoms. The van der Waals surface area contributed by atoms with Crippen LogP contribution >= 0.6 is 27.5 Å². The van der Waals surface area contributed by atoms with E-state index in [1.807, 2.05) is 72.8 Å². The third-order valence-electron chi connectivity index (χ3n) is 4.21. The SMILES string of the molecule is O=C1c2ccccc2NC(c2ccc(Cl)cc2Br)N1Nc1ccccc1. The molecule has 6 heteroatoms. The van der Waals surface area contributed by atoms with Crippen LogP contribution in [0.5, 0.6) is 0 Å². The van der Waals surface area contributed by atoms with Crippen LogP contribution in [0.1, 0.15) is 22.1 Å². The summed E-state index contributed by atoms with van der Waals surface area (Å²) in [5.74, 6) is -0.102. The average Bonchev–Trinajstić information content (AvgIpc) is 2.65. The molecule has 1 amide bonds. The Morgan fingerprint density at radius 3 is 2.50 bits per heavy atom. The lowest BCUT2D eigenvalue weighted by Gasteiger charge is -2.38. The predicted octanol–water partition coefficient (Wildman–Crippen LogP) is 5.70. The molecule has 4 rings (SSSR count). The van der Waals surface area contributed by atoms with Crippen molar-refractivity contribution in [3.8, 4) is 0 Å². The summed E-state index contributed by atoms with van der Waals surface area (Å²) in [6, 6.07) is 22.7. The summed E-state index contributed by atoms with van der Waals surface area (Å²) in [7, 11) is 0. The van der Waals surface area contributed by atoms with Crippen molar-refractivity contribution in [2.75, 3.05) is 10.7 Å². The molecular weight excluding hydrogens is 414 g/mol. The number of nitrogens with zero attached hydrogens (tertiary/aromatic N) is 1. The van der Waals surface area contributed by atoms with E-state index >= 15 is 0 Å². The monoisotopic (exact) mass is 427 g/mol. The van der Waals surface area contributed by atoms with Gasteiger partial charge in [-0.1, -0.05) is 63.9 Å². The number of anilines is 2. The third-order valence-corrected chi connectivity index (χ3v) is 5.13. The minimum atomic E-state index is -0.399. The van der Waals surface area contributed by atoms with Crippen molar-refractivity contribution in [3.63, 3.8) is 0 Å². The van der Waals surface area contributed by atoms with Crippen LogP contribution < -0.4 is 10.7 Å². The highest BCUT2D eigenvalue weighted by Gasteiger charge is 2.34. The Labute approximate surface area is 164 Å². The van der Waals surface area contributed by atoms with E-state index in [0.717, 1.165) is 21.4 Å². The molecule has 1 unspecified atom stereocenters. The first-order valence-electron chi connectivity index (χ1n) is 8.09. The highest BCUT2D eigenvalue weighted by molar-refractivity contribution is 9.10. The zero-order valence-corrected chi connectivity index (χ0v) is 16.0. The number of hydrogen-bond acceptors (Lipinski definition) is 3. The van der Waals surface area contributed by atoms with Gasteiger partial charge < -0.3 is 5.32 Å². The van der Waals surface area contributed by atoms with Crippen LogP contribution in [0.15, 0.2) is 77.3 Å². The fourth-order valence-electron chi connectivity index (χ4n) is 2.96. The van der Waals surface area contributed by atoms with Crippen molar-refractivity contribution >= 4 is 44.8 Å². The number of carbonyl (C=O) groups is 1. The molecule has 1 aliphatic rings. The Morgan fingerprint density at radius 1 is 1.00 bits per heavy atom. The van der Waals surface area contributed by atoms with Crippen molar-refractivity contribution in [1.29, 1.82) is 0 Å². The predicted molar refractivity (Wildman–Crippen MR) is 108 cm³/mol. The summed E-state index contributed by atoms with van der Waals surface area (Å²) in [5, 5.41) is 5.68. The van der Waals surface area contributed by atoms with Gasteiger partial charge in [-0.2, -0.15) is 0 Å². The van der Waals surface area contributed by atoms with Gasteiger partial charge >= 0.3 is 0 Å². The van der Waals surface area contributed by atoms with E-state index in [-0.39, 0.29) is 5.91 Å². The Balaban J connectivity index is 1.79. The molecule has 0 fully saturated rings. The fraction of sp³-hybridized carbons (Fsp3) is 0.0500. The first-order chi connectivity index (χ1) is 12.6. The Kier molecular flexibility index (Phi) is 4.57. The van der Waals surface area contributed by atoms with Gasteiger partial charge in [-0.3, -0.25) is 10.2 Å². The van der Waals surface area contributed by atoms with Crippen LogP contribution in [-0.4, -0.2) is 10.9 Å². The van der Waals surface area contributed by atoms with Gasteiger partial charge in [0.05, 0.1) is 11.3 Å². The van der Waals surface area contributed by atoms with Gasteiger partial charge in [0.15, 0.2) is 0 Å². The van der Waals surface area contributed by atoms with Crippen LogP contribution in [-0.2, 0) is 0 Å². The Hall–Kier alpha value is -2.50. The second kappa shape index (κ2) is 7.02. The van der Waals surface area contributed by atoms with Crippen LogP contribution in [0.2, 0.25) is 5.02 Å². The van der Waals surface area contributed by atoms with Crippen molar-refractivity contribution in [1.82, 2.24) is 5.01 Å². The molecule has 2 N–H and O–H groups in total. The van der Waals surface area contributed by atoms with Gasteiger partial charge in [-0.05, 0) is 36.4 Å². The average molecular weight is 429 g/mol. The van der Waals surface area contributed by atoms with E-state index in [1.165, 1.54) is 0 Å². The van der Waals surface area contributed by atoms with Crippen molar-refractivity contribution in [2.45, 2.75) is 6.17 Å².